The van der Waals surface area contributed by atoms with E-state index in [4.69, 9.17) is 18.9 Å². The largest absolute Gasteiger partial charge is 0.497 e. The van der Waals surface area contributed by atoms with E-state index in [1.807, 2.05) is 24.3 Å². The summed E-state index contributed by atoms with van der Waals surface area (Å²) in [7, 11) is 1.58. The van der Waals surface area contributed by atoms with Crippen molar-refractivity contribution in [3.05, 3.63) is 53.6 Å². The molecule has 7 heteroatoms. The van der Waals surface area contributed by atoms with E-state index in [0.717, 1.165) is 5.56 Å². The fourth-order valence-corrected chi connectivity index (χ4v) is 2.27. The summed E-state index contributed by atoms with van der Waals surface area (Å²) in [5.74, 6) is 0.775. The highest BCUT2D eigenvalue weighted by Gasteiger charge is 2.17. The number of carbonyl (C=O) groups is 2. The quantitative estimate of drug-likeness (QED) is 0.807. The van der Waals surface area contributed by atoms with Gasteiger partial charge < -0.3 is 24.3 Å². The van der Waals surface area contributed by atoms with Gasteiger partial charge in [0.25, 0.3) is 5.91 Å². The zero-order valence-corrected chi connectivity index (χ0v) is 13.6. The molecule has 0 aromatic heterocycles. The first-order chi connectivity index (χ1) is 12.2. The highest BCUT2D eigenvalue weighted by molar-refractivity contribution is 5.92. The molecule has 1 aliphatic rings. The summed E-state index contributed by atoms with van der Waals surface area (Å²) in [5, 5.41) is 2.68. The Labute approximate surface area is 144 Å². The van der Waals surface area contributed by atoms with Crippen LogP contribution in [0.1, 0.15) is 15.9 Å². The van der Waals surface area contributed by atoms with Gasteiger partial charge in [0.2, 0.25) is 6.79 Å². The smallest absolute Gasteiger partial charge is 0.338 e. The van der Waals surface area contributed by atoms with Crippen LogP contribution in [0.4, 0.5) is 0 Å². The Bertz CT molecular complexity index is 789. The van der Waals surface area contributed by atoms with Crippen LogP contribution in [-0.4, -0.2) is 32.4 Å². The molecule has 7 nitrogen and oxygen atoms in total. The molecule has 1 heterocycles. The van der Waals surface area contributed by atoms with E-state index in [2.05, 4.69) is 5.32 Å². The number of rotatable bonds is 6. The maximum atomic E-state index is 12.0. The van der Waals surface area contributed by atoms with Gasteiger partial charge in [-0.2, -0.15) is 0 Å². The van der Waals surface area contributed by atoms with Gasteiger partial charge in [0, 0.05) is 6.54 Å². The summed E-state index contributed by atoms with van der Waals surface area (Å²) in [4.78, 5) is 23.8. The topological polar surface area (TPSA) is 83.1 Å². The number of carbonyl (C=O) groups excluding carboxylic acids is 2. The Morgan fingerprint density at radius 1 is 1.12 bits per heavy atom. The minimum Gasteiger partial charge on any atom is -0.497 e. The van der Waals surface area contributed by atoms with Crippen LogP contribution < -0.4 is 19.5 Å². The van der Waals surface area contributed by atoms with E-state index in [0.29, 0.717) is 29.4 Å². The van der Waals surface area contributed by atoms with E-state index in [1.165, 1.54) is 6.07 Å². The summed E-state index contributed by atoms with van der Waals surface area (Å²) >= 11 is 0. The fourth-order valence-electron chi connectivity index (χ4n) is 2.27. The van der Waals surface area contributed by atoms with Gasteiger partial charge in [-0.25, -0.2) is 4.79 Å². The van der Waals surface area contributed by atoms with Crippen molar-refractivity contribution in [2.24, 2.45) is 0 Å². The second-order valence-electron chi connectivity index (χ2n) is 5.27. The highest BCUT2D eigenvalue weighted by atomic mass is 16.7. The second kappa shape index (κ2) is 7.57. The lowest BCUT2D eigenvalue weighted by Gasteiger charge is -2.08. The summed E-state index contributed by atoms with van der Waals surface area (Å²) in [5.41, 5.74) is 1.18. The van der Waals surface area contributed by atoms with Gasteiger partial charge in [-0.05, 0) is 35.9 Å². The number of fused-ring (bicyclic) bond motifs is 1. The van der Waals surface area contributed by atoms with Crippen molar-refractivity contribution >= 4 is 11.9 Å². The van der Waals surface area contributed by atoms with E-state index in [-0.39, 0.29) is 13.4 Å². The third kappa shape index (κ3) is 4.20. The molecule has 0 saturated heterocycles. The molecule has 1 amide bonds. The van der Waals surface area contributed by atoms with Crippen molar-refractivity contribution in [3.8, 4) is 17.2 Å². The normalized spacial score (nSPS) is 11.7. The van der Waals surface area contributed by atoms with Crippen LogP contribution in [0.5, 0.6) is 17.2 Å². The van der Waals surface area contributed by atoms with Crippen molar-refractivity contribution in [3.63, 3.8) is 0 Å². The van der Waals surface area contributed by atoms with Gasteiger partial charge in [-0.1, -0.05) is 12.1 Å². The van der Waals surface area contributed by atoms with Gasteiger partial charge in [-0.15, -0.1) is 0 Å². The molecule has 0 fully saturated rings. The predicted molar refractivity (Wildman–Crippen MR) is 87.7 cm³/mol. The van der Waals surface area contributed by atoms with Crippen LogP contribution in [0.15, 0.2) is 42.5 Å². The van der Waals surface area contributed by atoms with Crippen LogP contribution >= 0.6 is 0 Å². The predicted octanol–water partition coefficient (Wildman–Crippen LogP) is 1.90. The summed E-state index contributed by atoms with van der Waals surface area (Å²) in [6.45, 7) is 0.0787. The minimum atomic E-state index is -0.602. The number of esters is 1. The molecule has 25 heavy (non-hydrogen) atoms. The highest BCUT2D eigenvalue weighted by Crippen LogP contribution is 2.32. The van der Waals surface area contributed by atoms with Crippen LogP contribution in [0, 0.1) is 0 Å². The van der Waals surface area contributed by atoms with Crippen molar-refractivity contribution in [2.75, 3.05) is 20.5 Å². The van der Waals surface area contributed by atoms with E-state index in [1.54, 1.807) is 19.2 Å². The molecule has 1 aliphatic heterocycles. The Balaban J connectivity index is 1.47. The zero-order chi connectivity index (χ0) is 17.6. The van der Waals surface area contributed by atoms with Gasteiger partial charge in [-0.3, -0.25) is 4.79 Å². The average Bonchev–Trinajstić information content (AvgIpc) is 3.12. The summed E-state index contributed by atoms with van der Waals surface area (Å²) in [6.07, 6.45) is 0. The third-order valence-electron chi connectivity index (χ3n) is 3.57. The number of hydrogen-bond acceptors (Lipinski definition) is 6. The molecule has 0 bridgehead atoms. The van der Waals surface area contributed by atoms with Crippen molar-refractivity contribution < 1.29 is 28.5 Å². The average molecular weight is 343 g/mol. The summed E-state index contributed by atoms with van der Waals surface area (Å²) < 4.78 is 20.5. The number of hydrogen-bond donors (Lipinski definition) is 1. The molecule has 0 aliphatic carbocycles. The number of benzene rings is 2. The maximum absolute atomic E-state index is 12.0. The monoisotopic (exact) mass is 343 g/mol. The lowest BCUT2D eigenvalue weighted by molar-refractivity contribution is -0.124. The van der Waals surface area contributed by atoms with Gasteiger partial charge >= 0.3 is 5.97 Å². The first-order valence-electron chi connectivity index (χ1n) is 7.62. The fraction of sp³-hybridized carbons (Fsp3) is 0.222. The molecule has 0 saturated carbocycles. The summed E-state index contributed by atoms with van der Waals surface area (Å²) in [6, 6.07) is 12.0. The lowest BCUT2D eigenvalue weighted by atomic mass is 10.2. The van der Waals surface area contributed by atoms with Crippen molar-refractivity contribution in [2.45, 2.75) is 6.54 Å². The van der Waals surface area contributed by atoms with Crippen molar-refractivity contribution in [1.82, 2.24) is 5.32 Å². The number of ether oxygens (including phenoxy) is 4. The Morgan fingerprint density at radius 3 is 2.80 bits per heavy atom. The molecule has 0 atom stereocenters. The molecule has 3 rings (SSSR count). The number of methoxy groups -OCH3 is 1. The van der Waals surface area contributed by atoms with Crippen LogP contribution in [0.2, 0.25) is 0 Å². The number of nitrogens with one attached hydrogen (secondary N) is 1. The van der Waals surface area contributed by atoms with Gasteiger partial charge in [0.15, 0.2) is 18.1 Å². The molecule has 0 radical (unpaired) electrons. The van der Waals surface area contributed by atoms with E-state index >= 15 is 0 Å². The Kier molecular flexibility index (Phi) is 5.03. The number of amides is 1. The van der Waals surface area contributed by atoms with Crippen LogP contribution in [-0.2, 0) is 16.1 Å². The van der Waals surface area contributed by atoms with Crippen LogP contribution in [0.3, 0.4) is 0 Å². The van der Waals surface area contributed by atoms with Gasteiger partial charge in [0.1, 0.15) is 5.75 Å². The first kappa shape index (κ1) is 16.6. The van der Waals surface area contributed by atoms with E-state index < -0.39 is 11.9 Å². The first-order valence-corrected chi connectivity index (χ1v) is 7.62. The van der Waals surface area contributed by atoms with Crippen molar-refractivity contribution in [1.29, 1.82) is 0 Å². The maximum Gasteiger partial charge on any atom is 0.338 e. The molecule has 0 unspecified atom stereocenters. The molecule has 2 aromatic carbocycles. The molecule has 2 aromatic rings. The van der Waals surface area contributed by atoms with Crippen LogP contribution in [0.25, 0.3) is 0 Å². The Hall–Kier alpha value is -3.22. The third-order valence-corrected chi connectivity index (χ3v) is 3.57. The molecule has 130 valence electrons. The SMILES string of the molecule is COc1cccc(CNC(=O)COC(=O)c2ccc3c(c2)OCO3)c1. The zero-order valence-electron chi connectivity index (χ0n) is 13.6. The Morgan fingerprint density at radius 2 is 1.96 bits per heavy atom. The molecule has 0 spiro atoms. The van der Waals surface area contributed by atoms with Gasteiger partial charge in [0.05, 0.1) is 12.7 Å². The molecule has 1 N–H and O–H groups in total. The lowest BCUT2D eigenvalue weighted by Crippen LogP contribution is -2.28. The standard InChI is InChI=1S/C18H17NO6/c1-22-14-4-2-3-12(7-14)9-19-17(20)10-23-18(21)13-5-6-15-16(8-13)25-11-24-15/h2-8H,9-11H2,1H3,(H,19,20). The van der Waals surface area contributed by atoms with E-state index in [9.17, 15) is 9.59 Å². The molecular weight excluding hydrogens is 326 g/mol. The minimum absolute atomic E-state index is 0.126. The molecular formula is C18H17NO6. The second-order valence-corrected chi connectivity index (χ2v) is 5.27.